The van der Waals surface area contributed by atoms with Gasteiger partial charge in [0.1, 0.15) is 5.82 Å². The fraction of sp³-hybridized carbons (Fsp3) is 0.267. The Morgan fingerprint density at radius 1 is 1.43 bits per heavy atom. The van der Waals surface area contributed by atoms with Crippen molar-refractivity contribution in [2.45, 2.75) is 6.10 Å². The van der Waals surface area contributed by atoms with Crippen LogP contribution in [0, 0.1) is 11.5 Å². The molecule has 1 saturated heterocycles. The van der Waals surface area contributed by atoms with Gasteiger partial charge in [-0.1, -0.05) is 24.3 Å². The van der Waals surface area contributed by atoms with E-state index in [-0.39, 0.29) is 12.5 Å². The lowest BCUT2D eigenvalue weighted by Gasteiger charge is -2.28. The fourth-order valence-corrected chi connectivity index (χ4v) is 2.26. The summed E-state index contributed by atoms with van der Waals surface area (Å²) in [6.07, 6.45) is 3.10. The number of ether oxygens (including phenoxy) is 1. The molecule has 0 saturated carbocycles. The number of fused-ring (bicyclic) bond motifs is 1. The number of morpholine rings is 1. The normalized spacial score (nSPS) is 18.2. The summed E-state index contributed by atoms with van der Waals surface area (Å²) in [5.74, 6) is 0.203. The molecule has 1 aromatic carbocycles. The highest BCUT2D eigenvalue weighted by Crippen LogP contribution is 2.16. The number of hydrogen-bond donors (Lipinski definition) is 1. The topological polar surface area (TPSA) is 78.2 Å². The average Bonchev–Trinajstić information content (AvgIpc) is 2.54. The minimum Gasteiger partial charge on any atom is -0.365 e. The van der Waals surface area contributed by atoms with Crippen LogP contribution in [0.4, 0.5) is 5.82 Å². The molecule has 1 aliphatic heterocycles. The summed E-state index contributed by atoms with van der Waals surface area (Å²) in [6.45, 7) is 1.17. The molecular weight excluding hydrogens is 268 g/mol. The maximum atomic E-state index is 12.2. The number of carbonyl (C=O) groups excluding carboxylic acids is 1. The number of amides is 1. The van der Waals surface area contributed by atoms with Gasteiger partial charge < -0.3 is 15.0 Å². The summed E-state index contributed by atoms with van der Waals surface area (Å²) in [6, 6.07) is 9.61. The van der Waals surface area contributed by atoms with Gasteiger partial charge in [-0.3, -0.25) is 4.79 Å². The van der Waals surface area contributed by atoms with E-state index in [9.17, 15) is 4.79 Å². The van der Waals surface area contributed by atoms with Crippen molar-refractivity contribution in [3.05, 3.63) is 36.5 Å². The zero-order valence-corrected chi connectivity index (χ0v) is 11.3. The molecule has 106 valence electrons. The molecule has 3 rings (SSSR count). The number of nitriles is 1. The number of pyridine rings is 1. The van der Waals surface area contributed by atoms with E-state index in [4.69, 9.17) is 10.00 Å². The van der Waals surface area contributed by atoms with Gasteiger partial charge in [0, 0.05) is 11.6 Å². The predicted octanol–water partition coefficient (Wildman–Crippen LogP) is 1.36. The first-order valence-electron chi connectivity index (χ1n) is 6.68. The van der Waals surface area contributed by atoms with E-state index in [1.165, 1.54) is 4.90 Å². The second-order valence-corrected chi connectivity index (χ2v) is 4.81. The Hall–Kier alpha value is -2.65. The lowest BCUT2D eigenvalue weighted by molar-refractivity contribution is -0.131. The summed E-state index contributed by atoms with van der Waals surface area (Å²) in [4.78, 5) is 17.9. The molecule has 6 nitrogen and oxygen atoms in total. The molecule has 0 radical (unpaired) electrons. The van der Waals surface area contributed by atoms with Gasteiger partial charge in [0.2, 0.25) is 0 Å². The summed E-state index contributed by atoms with van der Waals surface area (Å²) in [5.41, 5.74) is 0. The van der Waals surface area contributed by atoms with Gasteiger partial charge in [-0.05, 0) is 11.5 Å². The second-order valence-electron chi connectivity index (χ2n) is 4.81. The van der Waals surface area contributed by atoms with E-state index in [2.05, 4.69) is 10.3 Å². The third kappa shape index (κ3) is 2.93. The highest BCUT2D eigenvalue weighted by atomic mass is 16.5. The SMILES string of the molecule is N#CN1CCOC(C(=O)Nc2cc3ccccc3cn2)C1. The van der Waals surface area contributed by atoms with Crippen molar-refractivity contribution in [1.29, 1.82) is 5.26 Å². The summed E-state index contributed by atoms with van der Waals surface area (Å²) >= 11 is 0. The van der Waals surface area contributed by atoms with Crippen molar-refractivity contribution >= 4 is 22.5 Å². The summed E-state index contributed by atoms with van der Waals surface area (Å²) < 4.78 is 5.40. The van der Waals surface area contributed by atoms with Gasteiger partial charge in [-0.2, -0.15) is 5.26 Å². The van der Waals surface area contributed by atoms with Gasteiger partial charge in [-0.25, -0.2) is 4.98 Å². The molecule has 1 amide bonds. The summed E-state index contributed by atoms with van der Waals surface area (Å²) in [5, 5.41) is 13.6. The molecular formula is C15H14N4O2. The Kier molecular flexibility index (Phi) is 3.67. The van der Waals surface area contributed by atoms with E-state index in [1.54, 1.807) is 6.20 Å². The van der Waals surface area contributed by atoms with Crippen LogP contribution in [0.15, 0.2) is 36.5 Å². The lowest BCUT2D eigenvalue weighted by atomic mass is 10.2. The van der Waals surface area contributed by atoms with Crippen molar-refractivity contribution in [3.8, 4) is 6.19 Å². The molecule has 1 fully saturated rings. The van der Waals surface area contributed by atoms with Crippen molar-refractivity contribution in [2.24, 2.45) is 0 Å². The number of hydrogen-bond acceptors (Lipinski definition) is 5. The monoisotopic (exact) mass is 282 g/mol. The van der Waals surface area contributed by atoms with Crippen LogP contribution in [-0.2, 0) is 9.53 Å². The first-order valence-corrected chi connectivity index (χ1v) is 6.68. The molecule has 2 aromatic rings. The largest absolute Gasteiger partial charge is 0.365 e. The van der Waals surface area contributed by atoms with E-state index < -0.39 is 6.10 Å². The van der Waals surface area contributed by atoms with Crippen molar-refractivity contribution in [3.63, 3.8) is 0 Å². The van der Waals surface area contributed by atoms with Gasteiger partial charge >= 0.3 is 0 Å². The number of nitrogens with zero attached hydrogens (tertiary/aromatic N) is 3. The van der Waals surface area contributed by atoms with Gasteiger partial charge in [0.05, 0.1) is 19.7 Å². The molecule has 1 aromatic heterocycles. The third-order valence-corrected chi connectivity index (χ3v) is 3.38. The second kappa shape index (κ2) is 5.77. The Morgan fingerprint density at radius 2 is 2.24 bits per heavy atom. The first kappa shape index (κ1) is 13.3. The number of anilines is 1. The zero-order valence-electron chi connectivity index (χ0n) is 11.3. The lowest BCUT2D eigenvalue weighted by Crippen LogP contribution is -2.46. The molecule has 21 heavy (non-hydrogen) atoms. The molecule has 2 heterocycles. The van der Waals surface area contributed by atoms with Crippen LogP contribution in [-0.4, -0.2) is 41.6 Å². The molecule has 0 spiro atoms. The average molecular weight is 282 g/mol. The van der Waals surface area contributed by atoms with Crippen LogP contribution in [0.1, 0.15) is 0 Å². The number of nitrogens with one attached hydrogen (secondary N) is 1. The van der Waals surface area contributed by atoms with Crippen LogP contribution >= 0.6 is 0 Å². The molecule has 0 aliphatic carbocycles. The van der Waals surface area contributed by atoms with Crippen molar-refractivity contribution < 1.29 is 9.53 Å². The Labute approximate surface area is 121 Å². The minimum atomic E-state index is -0.647. The highest BCUT2D eigenvalue weighted by Gasteiger charge is 2.26. The van der Waals surface area contributed by atoms with Gasteiger partial charge in [0.15, 0.2) is 12.3 Å². The van der Waals surface area contributed by atoms with E-state index in [0.717, 1.165) is 10.8 Å². The molecule has 1 unspecified atom stereocenters. The number of rotatable bonds is 2. The molecule has 1 atom stereocenters. The maximum Gasteiger partial charge on any atom is 0.256 e. The van der Waals surface area contributed by atoms with Crippen molar-refractivity contribution in [2.75, 3.05) is 25.0 Å². The van der Waals surface area contributed by atoms with Crippen LogP contribution in [0.25, 0.3) is 10.8 Å². The quantitative estimate of drug-likeness (QED) is 0.841. The predicted molar refractivity (Wildman–Crippen MR) is 77.3 cm³/mol. The number of carbonyl (C=O) groups is 1. The van der Waals surface area contributed by atoms with Crippen LogP contribution in [0.5, 0.6) is 0 Å². The van der Waals surface area contributed by atoms with E-state index >= 15 is 0 Å². The first-order chi connectivity index (χ1) is 10.3. The van der Waals surface area contributed by atoms with Crippen LogP contribution < -0.4 is 5.32 Å². The fourth-order valence-electron chi connectivity index (χ4n) is 2.26. The van der Waals surface area contributed by atoms with Gasteiger partial charge in [-0.15, -0.1) is 0 Å². The van der Waals surface area contributed by atoms with Gasteiger partial charge in [0.25, 0.3) is 5.91 Å². The molecule has 1 aliphatic rings. The molecule has 6 heteroatoms. The Balaban J connectivity index is 1.72. The highest BCUT2D eigenvalue weighted by molar-refractivity contribution is 5.95. The smallest absolute Gasteiger partial charge is 0.256 e. The van der Waals surface area contributed by atoms with E-state index in [1.807, 2.05) is 36.5 Å². The van der Waals surface area contributed by atoms with Crippen LogP contribution in [0.2, 0.25) is 0 Å². The van der Waals surface area contributed by atoms with Crippen LogP contribution in [0.3, 0.4) is 0 Å². The zero-order chi connectivity index (χ0) is 14.7. The minimum absolute atomic E-state index is 0.274. The maximum absolute atomic E-state index is 12.2. The molecule has 1 N–H and O–H groups in total. The summed E-state index contributed by atoms with van der Waals surface area (Å²) in [7, 11) is 0. The Bertz CT molecular complexity index is 710. The Morgan fingerprint density at radius 3 is 3.05 bits per heavy atom. The van der Waals surface area contributed by atoms with E-state index in [0.29, 0.717) is 19.0 Å². The number of benzene rings is 1. The third-order valence-electron chi connectivity index (χ3n) is 3.38. The standard InChI is InChI=1S/C15H14N4O2/c16-10-19-5-6-21-13(9-19)15(20)18-14-7-11-3-1-2-4-12(11)8-17-14/h1-4,7-8,13H,5-6,9H2,(H,17,18,20). The van der Waals surface area contributed by atoms with Crippen molar-refractivity contribution in [1.82, 2.24) is 9.88 Å². The molecule has 0 bridgehead atoms. The number of aromatic nitrogens is 1.